The summed E-state index contributed by atoms with van der Waals surface area (Å²) >= 11 is 7.18. The van der Waals surface area contributed by atoms with Gasteiger partial charge in [0.15, 0.2) is 0 Å². The fourth-order valence-corrected chi connectivity index (χ4v) is 0. The third kappa shape index (κ3) is 2.77. The molecule has 0 aliphatic rings. The molecule has 0 unspecified atom stereocenters. The van der Waals surface area contributed by atoms with Crippen molar-refractivity contribution in [1.82, 2.24) is 0 Å². The zero-order chi connectivity index (χ0) is 3.41. The van der Waals surface area contributed by atoms with Crippen LogP contribution >= 0.6 is 11.6 Å². The van der Waals surface area contributed by atoms with Crippen LogP contribution in [0.25, 0.3) is 0 Å². The van der Waals surface area contributed by atoms with Crippen molar-refractivity contribution < 1.29 is 21.1 Å². The van der Waals surface area contributed by atoms with Gasteiger partial charge in [0.1, 0.15) is 0 Å². The van der Waals surface area contributed by atoms with Gasteiger partial charge in [0, 0.05) is 0 Å². The second-order valence-electron chi connectivity index (χ2n) is 0.226. The molecule has 0 spiro atoms. The molecular weight excluding hydrogens is 256 g/mol. The van der Waals surface area contributed by atoms with Crippen LogP contribution in [0.3, 0.4) is 0 Å². The average Bonchev–Trinajstić information content (AvgIpc) is 1.37. The summed E-state index contributed by atoms with van der Waals surface area (Å²) in [5.74, 6) is 0. The summed E-state index contributed by atoms with van der Waals surface area (Å²) in [6.45, 7) is 0. The Kier molecular flexibility index (Phi) is 4.50. The SMILES string of the molecule is ClC=[CH][Au]. The van der Waals surface area contributed by atoms with E-state index in [1.54, 1.807) is 4.29 Å². The Morgan fingerprint density at radius 1 is 1.75 bits per heavy atom. The predicted molar refractivity (Wildman–Crippen MR) is 15.0 cm³/mol. The molecule has 0 amide bonds. The minimum absolute atomic E-state index is 1.45. The number of hydrogen-bond acceptors (Lipinski definition) is 0. The van der Waals surface area contributed by atoms with Crippen molar-refractivity contribution in [1.29, 1.82) is 0 Å². The molecule has 0 heterocycles. The van der Waals surface area contributed by atoms with E-state index < -0.39 is 0 Å². The van der Waals surface area contributed by atoms with Crippen molar-refractivity contribution in [2.24, 2.45) is 0 Å². The van der Waals surface area contributed by atoms with Gasteiger partial charge in [-0.05, 0) is 0 Å². The molecule has 0 radical (unpaired) electrons. The number of halogens is 1. The van der Waals surface area contributed by atoms with E-state index in [1.165, 1.54) is 5.54 Å². The van der Waals surface area contributed by atoms with E-state index in [0.717, 1.165) is 0 Å². The molecule has 0 saturated heterocycles. The van der Waals surface area contributed by atoms with E-state index in [-0.39, 0.29) is 0 Å². The second-order valence-corrected chi connectivity index (χ2v) is 1.20. The van der Waals surface area contributed by atoms with Gasteiger partial charge in [-0.3, -0.25) is 0 Å². The first-order valence-corrected chi connectivity index (χ1v) is 2.41. The summed E-state index contributed by atoms with van der Waals surface area (Å²) < 4.78 is 1.71. The predicted octanol–water partition coefficient (Wildman–Crippen LogP) is 1.24. The summed E-state index contributed by atoms with van der Waals surface area (Å²) in [7, 11) is 0. The summed E-state index contributed by atoms with van der Waals surface area (Å²) in [5.41, 5.74) is 1.45. The quantitative estimate of drug-likeness (QED) is 0.574. The molecule has 2 heteroatoms. The Labute approximate surface area is 42.8 Å². The molecule has 0 aliphatic heterocycles. The molecule has 0 aliphatic carbocycles. The Bertz CT molecular complexity index is 21.2. The normalized spacial score (nSPS) is 9.75. The topological polar surface area (TPSA) is 0 Å². The molecule has 0 aromatic rings. The number of hydrogen-bond donors (Lipinski definition) is 0. The molecule has 0 fully saturated rings. The summed E-state index contributed by atoms with van der Waals surface area (Å²) in [5, 5.41) is 0. The molecule has 0 aromatic heterocycles. The molecule has 0 atom stereocenters. The van der Waals surface area contributed by atoms with E-state index in [2.05, 4.69) is 21.1 Å². The fraction of sp³-hybridized carbons (Fsp3) is 0. The maximum atomic E-state index is 4.99. The van der Waals surface area contributed by atoms with Gasteiger partial charge in [-0.2, -0.15) is 0 Å². The molecule has 0 rings (SSSR count). The monoisotopic (exact) mass is 258 g/mol. The third-order valence-electron chi connectivity index (χ3n) is 0.0380. The standard InChI is InChI=1S/C2H2Cl.Au/c1-2-3;/h1-2H;. The first kappa shape index (κ1) is 4.77. The van der Waals surface area contributed by atoms with Crippen LogP contribution < -0.4 is 0 Å². The van der Waals surface area contributed by atoms with E-state index in [1.807, 2.05) is 0 Å². The van der Waals surface area contributed by atoms with Crippen molar-refractivity contribution in [3.8, 4) is 0 Å². The molecule has 4 heavy (non-hydrogen) atoms. The zero-order valence-electron chi connectivity index (χ0n) is 1.83. The van der Waals surface area contributed by atoms with E-state index >= 15 is 0 Å². The van der Waals surface area contributed by atoms with Gasteiger partial charge in [-0.1, -0.05) is 0 Å². The van der Waals surface area contributed by atoms with Crippen LogP contribution in [0, 0.1) is 0 Å². The molecular formula is C2H2AuCl. The summed E-state index contributed by atoms with van der Waals surface area (Å²) in [4.78, 5) is 0. The number of rotatable bonds is 0. The van der Waals surface area contributed by atoms with Gasteiger partial charge in [0.2, 0.25) is 0 Å². The van der Waals surface area contributed by atoms with Crippen LogP contribution in [-0.4, -0.2) is 0 Å². The van der Waals surface area contributed by atoms with Crippen LogP contribution in [0.2, 0.25) is 0 Å². The van der Waals surface area contributed by atoms with Crippen molar-refractivity contribution in [2.45, 2.75) is 0 Å². The van der Waals surface area contributed by atoms with Crippen LogP contribution in [0.1, 0.15) is 0 Å². The van der Waals surface area contributed by atoms with Crippen LogP contribution in [0.5, 0.6) is 0 Å². The average molecular weight is 258 g/mol. The second kappa shape index (κ2) is 3.77. The Hall–Kier alpha value is 0.770. The van der Waals surface area contributed by atoms with E-state index in [9.17, 15) is 0 Å². The zero-order valence-corrected chi connectivity index (χ0v) is 4.76. The summed E-state index contributed by atoms with van der Waals surface area (Å²) in [6, 6.07) is 0. The van der Waals surface area contributed by atoms with Crippen LogP contribution in [0.4, 0.5) is 0 Å². The Balaban J connectivity index is 2.55. The van der Waals surface area contributed by atoms with Gasteiger partial charge in [0.05, 0.1) is 0 Å². The van der Waals surface area contributed by atoms with Crippen molar-refractivity contribution in [3.63, 3.8) is 0 Å². The third-order valence-corrected chi connectivity index (χ3v) is 0.933. The van der Waals surface area contributed by atoms with E-state index in [4.69, 9.17) is 11.6 Å². The van der Waals surface area contributed by atoms with E-state index in [0.29, 0.717) is 0 Å². The van der Waals surface area contributed by atoms with Gasteiger partial charge in [-0.25, -0.2) is 0 Å². The molecule has 28 valence electrons. The van der Waals surface area contributed by atoms with Crippen LogP contribution in [-0.2, 0) is 21.1 Å². The van der Waals surface area contributed by atoms with Gasteiger partial charge in [-0.15, -0.1) is 0 Å². The minimum atomic E-state index is 1.45. The van der Waals surface area contributed by atoms with Crippen molar-refractivity contribution >= 4 is 11.6 Å². The fourth-order valence-electron chi connectivity index (χ4n) is 0. The summed E-state index contributed by atoms with van der Waals surface area (Å²) in [6.07, 6.45) is 0. The van der Waals surface area contributed by atoms with Gasteiger partial charge >= 0.3 is 42.5 Å². The van der Waals surface area contributed by atoms with Crippen molar-refractivity contribution in [2.75, 3.05) is 0 Å². The molecule has 0 saturated carbocycles. The molecule has 0 aromatic carbocycles. The Morgan fingerprint density at radius 2 is 2.00 bits per heavy atom. The van der Waals surface area contributed by atoms with Crippen molar-refractivity contribution in [3.05, 3.63) is 9.83 Å². The first-order chi connectivity index (χ1) is 1.91. The molecule has 0 nitrogen and oxygen atoms in total. The molecule has 0 N–H and O–H groups in total. The van der Waals surface area contributed by atoms with Gasteiger partial charge in [0.25, 0.3) is 0 Å². The van der Waals surface area contributed by atoms with Crippen LogP contribution in [0.15, 0.2) is 9.83 Å². The first-order valence-electron chi connectivity index (χ1n) is 0.726. The van der Waals surface area contributed by atoms with Gasteiger partial charge < -0.3 is 0 Å². The molecule has 0 bridgehead atoms. The Morgan fingerprint density at radius 3 is 2.00 bits per heavy atom. The maximum absolute atomic E-state index is 4.99.